The molecule has 16 heavy (non-hydrogen) atoms. The van der Waals surface area contributed by atoms with Crippen LogP contribution in [0.5, 0.6) is 0 Å². The molecule has 82 valence electrons. The van der Waals surface area contributed by atoms with Crippen molar-refractivity contribution in [2.45, 2.75) is 6.92 Å². The molecule has 6 nitrogen and oxygen atoms in total. The van der Waals surface area contributed by atoms with Crippen molar-refractivity contribution in [2.75, 3.05) is 0 Å². The van der Waals surface area contributed by atoms with Crippen molar-refractivity contribution in [1.82, 2.24) is 20.2 Å². The zero-order valence-corrected chi connectivity index (χ0v) is 8.71. The molecule has 0 saturated carbocycles. The monoisotopic (exact) mass is 217 g/mol. The topological polar surface area (TPSA) is 85.8 Å². The number of rotatable bonds is 2. The van der Waals surface area contributed by atoms with E-state index < -0.39 is 0 Å². The van der Waals surface area contributed by atoms with E-state index in [4.69, 9.17) is 5.84 Å². The van der Waals surface area contributed by atoms with E-state index in [2.05, 4.69) is 15.5 Å². The average molecular weight is 217 g/mol. The van der Waals surface area contributed by atoms with E-state index in [-0.39, 0.29) is 5.91 Å². The van der Waals surface area contributed by atoms with Crippen LogP contribution in [-0.4, -0.2) is 20.7 Å². The van der Waals surface area contributed by atoms with Gasteiger partial charge in [-0.2, -0.15) is 5.10 Å². The highest BCUT2D eigenvalue weighted by molar-refractivity contribution is 5.94. The summed E-state index contributed by atoms with van der Waals surface area (Å²) < 4.78 is 1.59. The molecule has 3 N–H and O–H groups in total. The predicted molar refractivity (Wildman–Crippen MR) is 57.7 cm³/mol. The number of nitrogens with zero attached hydrogens (tertiary/aromatic N) is 3. The van der Waals surface area contributed by atoms with Crippen molar-refractivity contribution in [3.63, 3.8) is 0 Å². The molecule has 0 atom stereocenters. The van der Waals surface area contributed by atoms with Crippen LogP contribution < -0.4 is 11.3 Å². The number of hydrogen-bond donors (Lipinski definition) is 2. The molecule has 0 aliphatic rings. The SMILES string of the molecule is Cc1c(C(=O)NN)cnn1-c1ccccn1. The number of carbonyl (C=O) groups excluding carboxylic acids is 1. The van der Waals surface area contributed by atoms with Gasteiger partial charge in [-0.25, -0.2) is 15.5 Å². The third kappa shape index (κ3) is 1.66. The molecule has 0 aliphatic carbocycles. The minimum absolute atomic E-state index is 0.361. The Morgan fingerprint density at radius 2 is 2.31 bits per heavy atom. The fraction of sp³-hybridized carbons (Fsp3) is 0.100. The van der Waals surface area contributed by atoms with Crippen molar-refractivity contribution < 1.29 is 4.79 Å². The number of nitrogens with one attached hydrogen (secondary N) is 1. The van der Waals surface area contributed by atoms with Gasteiger partial charge in [0.25, 0.3) is 5.91 Å². The maximum absolute atomic E-state index is 11.4. The molecule has 0 aromatic carbocycles. The van der Waals surface area contributed by atoms with Crippen LogP contribution in [0.25, 0.3) is 5.82 Å². The van der Waals surface area contributed by atoms with Crippen LogP contribution in [0.4, 0.5) is 0 Å². The van der Waals surface area contributed by atoms with Gasteiger partial charge >= 0.3 is 0 Å². The van der Waals surface area contributed by atoms with Gasteiger partial charge in [0.15, 0.2) is 5.82 Å². The van der Waals surface area contributed by atoms with Gasteiger partial charge in [0.2, 0.25) is 0 Å². The summed E-state index contributed by atoms with van der Waals surface area (Å²) in [4.78, 5) is 15.5. The summed E-state index contributed by atoms with van der Waals surface area (Å²) in [5, 5.41) is 4.09. The Balaban J connectivity index is 2.45. The summed E-state index contributed by atoms with van der Waals surface area (Å²) in [5.74, 6) is 5.37. The molecule has 2 heterocycles. The molecular weight excluding hydrogens is 206 g/mol. The van der Waals surface area contributed by atoms with Crippen LogP contribution in [0.1, 0.15) is 16.1 Å². The molecule has 0 spiro atoms. The van der Waals surface area contributed by atoms with E-state index in [0.717, 1.165) is 0 Å². The first-order valence-corrected chi connectivity index (χ1v) is 4.71. The van der Waals surface area contributed by atoms with Gasteiger partial charge in [-0.15, -0.1) is 0 Å². The first-order valence-electron chi connectivity index (χ1n) is 4.71. The van der Waals surface area contributed by atoms with Crippen LogP contribution in [-0.2, 0) is 0 Å². The predicted octanol–water partition coefficient (Wildman–Crippen LogP) is 0.179. The summed E-state index contributed by atoms with van der Waals surface area (Å²) in [6.07, 6.45) is 3.13. The molecule has 2 rings (SSSR count). The van der Waals surface area contributed by atoms with Crippen LogP contribution >= 0.6 is 0 Å². The highest BCUT2D eigenvalue weighted by Gasteiger charge is 2.13. The van der Waals surface area contributed by atoms with E-state index in [9.17, 15) is 4.79 Å². The molecule has 0 unspecified atom stereocenters. The van der Waals surface area contributed by atoms with Crippen molar-refractivity contribution in [3.8, 4) is 5.82 Å². The van der Waals surface area contributed by atoms with Gasteiger partial charge in [0, 0.05) is 6.20 Å². The molecule has 2 aromatic rings. The summed E-state index contributed by atoms with van der Waals surface area (Å²) >= 11 is 0. The Morgan fingerprint density at radius 1 is 1.50 bits per heavy atom. The first kappa shape index (κ1) is 10.3. The average Bonchev–Trinajstić information content (AvgIpc) is 2.71. The highest BCUT2D eigenvalue weighted by atomic mass is 16.2. The number of pyridine rings is 1. The summed E-state index contributed by atoms with van der Waals surface area (Å²) in [6, 6.07) is 5.48. The number of hydrazine groups is 1. The number of aromatic nitrogens is 3. The van der Waals surface area contributed by atoms with Crippen molar-refractivity contribution >= 4 is 5.91 Å². The number of nitrogens with two attached hydrogens (primary N) is 1. The molecule has 0 saturated heterocycles. The van der Waals surface area contributed by atoms with Gasteiger partial charge in [0.1, 0.15) is 0 Å². The highest BCUT2D eigenvalue weighted by Crippen LogP contribution is 2.11. The van der Waals surface area contributed by atoms with Crippen LogP contribution in [0.3, 0.4) is 0 Å². The maximum atomic E-state index is 11.4. The Bertz CT molecular complexity index is 505. The molecule has 6 heteroatoms. The van der Waals surface area contributed by atoms with Crippen molar-refractivity contribution in [2.24, 2.45) is 5.84 Å². The molecule has 2 aromatic heterocycles. The minimum Gasteiger partial charge on any atom is -0.290 e. The fourth-order valence-electron chi connectivity index (χ4n) is 1.42. The van der Waals surface area contributed by atoms with E-state index in [1.54, 1.807) is 17.8 Å². The second kappa shape index (κ2) is 4.11. The second-order valence-electron chi connectivity index (χ2n) is 3.22. The zero-order valence-electron chi connectivity index (χ0n) is 8.71. The standard InChI is InChI=1S/C10H11N5O/c1-7-8(10(16)14-11)6-13-15(7)9-4-2-3-5-12-9/h2-6H,11H2,1H3,(H,14,16). The summed E-state index contributed by atoms with van der Waals surface area (Å²) in [5.41, 5.74) is 3.21. The van der Waals surface area contributed by atoms with Gasteiger partial charge in [-0.3, -0.25) is 10.2 Å². The lowest BCUT2D eigenvalue weighted by Gasteiger charge is -2.03. The lowest BCUT2D eigenvalue weighted by molar-refractivity contribution is 0.0953. The van der Waals surface area contributed by atoms with E-state index in [1.165, 1.54) is 6.20 Å². The van der Waals surface area contributed by atoms with Gasteiger partial charge in [0.05, 0.1) is 17.5 Å². The summed E-state index contributed by atoms with van der Waals surface area (Å²) in [7, 11) is 0. The van der Waals surface area contributed by atoms with Gasteiger partial charge in [-0.1, -0.05) is 6.07 Å². The third-order valence-corrected chi connectivity index (χ3v) is 2.25. The second-order valence-corrected chi connectivity index (χ2v) is 3.22. The Hall–Kier alpha value is -2.21. The lowest BCUT2D eigenvalue weighted by atomic mass is 10.2. The number of hydrogen-bond acceptors (Lipinski definition) is 4. The van der Waals surface area contributed by atoms with Crippen molar-refractivity contribution in [3.05, 3.63) is 41.9 Å². The zero-order chi connectivity index (χ0) is 11.5. The Morgan fingerprint density at radius 3 is 2.94 bits per heavy atom. The van der Waals surface area contributed by atoms with Gasteiger partial charge < -0.3 is 0 Å². The van der Waals surface area contributed by atoms with Gasteiger partial charge in [-0.05, 0) is 19.1 Å². The molecular formula is C10H11N5O. The number of amides is 1. The maximum Gasteiger partial charge on any atom is 0.268 e. The quantitative estimate of drug-likeness (QED) is 0.427. The van der Waals surface area contributed by atoms with Crippen LogP contribution in [0.2, 0.25) is 0 Å². The normalized spacial score (nSPS) is 10.1. The van der Waals surface area contributed by atoms with Crippen LogP contribution in [0.15, 0.2) is 30.6 Å². The minimum atomic E-state index is -0.361. The molecule has 0 aliphatic heterocycles. The Kier molecular flexibility index (Phi) is 2.65. The molecule has 0 fully saturated rings. The number of nitrogen functional groups attached to an aromatic ring is 1. The summed E-state index contributed by atoms with van der Waals surface area (Å²) in [6.45, 7) is 1.78. The molecule has 1 amide bonds. The fourth-order valence-corrected chi connectivity index (χ4v) is 1.42. The smallest absolute Gasteiger partial charge is 0.268 e. The molecule has 0 radical (unpaired) electrons. The largest absolute Gasteiger partial charge is 0.290 e. The van der Waals surface area contributed by atoms with Crippen LogP contribution in [0, 0.1) is 6.92 Å². The molecule has 0 bridgehead atoms. The van der Waals surface area contributed by atoms with E-state index in [0.29, 0.717) is 17.1 Å². The van der Waals surface area contributed by atoms with E-state index in [1.807, 2.05) is 18.2 Å². The Labute approximate surface area is 92.1 Å². The van der Waals surface area contributed by atoms with Crippen molar-refractivity contribution in [1.29, 1.82) is 0 Å². The lowest BCUT2D eigenvalue weighted by Crippen LogP contribution is -2.30. The third-order valence-electron chi connectivity index (χ3n) is 2.25. The van der Waals surface area contributed by atoms with E-state index >= 15 is 0 Å². The first-order chi connectivity index (χ1) is 7.74. The number of carbonyl (C=O) groups is 1.